The predicted molar refractivity (Wildman–Crippen MR) is 119 cm³/mol. The summed E-state index contributed by atoms with van der Waals surface area (Å²) in [5, 5.41) is 9.17. The van der Waals surface area contributed by atoms with Crippen LogP contribution in [0.15, 0.2) is 30.3 Å². The lowest BCUT2D eigenvalue weighted by atomic mass is 9.94. The molecule has 0 bridgehead atoms. The second-order valence-electron chi connectivity index (χ2n) is 8.81. The third-order valence-corrected chi connectivity index (χ3v) is 5.24. The Bertz CT molecular complexity index is 1130. The number of nitriles is 1. The van der Waals surface area contributed by atoms with E-state index in [1.54, 1.807) is 32.0 Å². The fraction of sp³-hybridized carbons (Fsp3) is 0.400. The highest BCUT2D eigenvalue weighted by Crippen LogP contribution is 2.45. The first-order valence-electron chi connectivity index (χ1n) is 10.4. The van der Waals surface area contributed by atoms with Crippen LogP contribution >= 0.6 is 0 Å². The quantitative estimate of drug-likeness (QED) is 0.545. The van der Waals surface area contributed by atoms with E-state index in [9.17, 15) is 9.59 Å². The summed E-state index contributed by atoms with van der Waals surface area (Å²) in [6.07, 6.45) is 0. The van der Waals surface area contributed by atoms with E-state index in [0.29, 0.717) is 28.4 Å². The lowest BCUT2D eigenvalue weighted by molar-refractivity contribution is -0.164. The van der Waals surface area contributed by atoms with Crippen molar-refractivity contribution in [3.8, 4) is 34.4 Å². The molecule has 0 unspecified atom stereocenters. The molecule has 2 aromatic carbocycles. The standard InChI is InChI=1S/C25H27NO7/c1-24(2,23(28)33-25(3,4)13-26)14-32-20-17(9-10-19(29-5)21(20)30-6)15-7-8-18-16(11-15)12-31-22(18)27/h7-11H,12,14H2,1-6H3. The lowest BCUT2D eigenvalue weighted by Gasteiger charge is -2.28. The number of hydrogen-bond donors (Lipinski definition) is 0. The van der Waals surface area contributed by atoms with E-state index < -0.39 is 17.0 Å². The monoisotopic (exact) mass is 453 g/mol. The van der Waals surface area contributed by atoms with E-state index in [-0.39, 0.29) is 19.2 Å². The highest BCUT2D eigenvalue weighted by Gasteiger charge is 2.36. The summed E-state index contributed by atoms with van der Waals surface area (Å²) in [4.78, 5) is 24.5. The van der Waals surface area contributed by atoms with Crippen LogP contribution in [0.2, 0.25) is 0 Å². The molecule has 1 aliphatic heterocycles. The normalized spacial score (nSPS) is 12.9. The molecule has 0 aliphatic carbocycles. The fourth-order valence-electron chi connectivity index (χ4n) is 3.27. The Morgan fingerprint density at radius 2 is 1.76 bits per heavy atom. The van der Waals surface area contributed by atoms with Gasteiger partial charge in [-0.05, 0) is 57.5 Å². The minimum atomic E-state index is -1.25. The van der Waals surface area contributed by atoms with Gasteiger partial charge in [-0.1, -0.05) is 6.07 Å². The smallest absolute Gasteiger partial charge is 0.338 e. The van der Waals surface area contributed by atoms with Crippen LogP contribution in [-0.4, -0.2) is 38.4 Å². The summed E-state index contributed by atoms with van der Waals surface area (Å²) in [5.74, 6) is 0.292. The van der Waals surface area contributed by atoms with E-state index in [2.05, 4.69) is 0 Å². The zero-order valence-corrected chi connectivity index (χ0v) is 19.6. The van der Waals surface area contributed by atoms with Gasteiger partial charge in [0.1, 0.15) is 19.3 Å². The van der Waals surface area contributed by atoms with Crippen molar-refractivity contribution in [1.82, 2.24) is 0 Å². The Hall–Kier alpha value is -3.73. The van der Waals surface area contributed by atoms with E-state index in [1.807, 2.05) is 18.2 Å². The average molecular weight is 453 g/mol. The molecule has 33 heavy (non-hydrogen) atoms. The Balaban J connectivity index is 1.98. The molecule has 1 heterocycles. The third-order valence-electron chi connectivity index (χ3n) is 5.24. The molecule has 1 aliphatic rings. The van der Waals surface area contributed by atoms with Gasteiger partial charge in [-0.2, -0.15) is 5.26 Å². The lowest BCUT2D eigenvalue weighted by Crippen LogP contribution is -2.38. The molecule has 8 nitrogen and oxygen atoms in total. The Morgan fingerprint density at radius 3 is 2.39 bits per heavy atom. The van der Waals surface area contributed by atoms with Gasteiger partial charge in [-0.25, -0.2) is 4.79 Å². The van der Waals surface area contributed by atoms with Crippen molar-refractivity contribution in [1.29, 1.82) is 5.26 Å². The van der Waals surface area contributed by atoms with Gasteiger partial charge in [0.25, 0.3) is 0 Å². The molecule has 174 valence electrons. The molecular formula is C25H27NO7. The molecule has 0 saturated carbocycles. The highest BCUT2D eigenvalue weighted by atomic mass is 16.6. The predicted octanol–water partition coefficient (Wildman–Crippen LogP) is 4.29. The average Bonchev–Trinajstić information content (AvgIpc) is 3.16. The maximum atomic E-state index is 12.7. The Kier molecular flexibility index (Phi) is 6.54. The molecule has 0 atom stereocenters. The second-order valence-corrected chi connectivity index (χ2v) is 8.81. The number of methoxy groups -OCH3 is 2. The largest absolute Gasteiger partial charge is 0.493 e. The summed E-state index contributed by atoms with van der Waals surface area (Å²) in [6, 6.07) is 10.9. The number of benzene rings is 2. The molecule has 8 heteroatoms. The van der Waals surface area contributed by atoms with Crippen LogP contribution in [0.1, 0.15) is 43.6 Å². The first-order valence-corrected chi connectivity index (χ1v) is 10.4. The van der Waals surface area contributed by atoms with Gasteiger partial charge in [0.15, 0.2) is 17.1 Å². The van der Waals surface area contributed by atoms with Crippen molar-refractivity contribution >= 4 is 11.9 Å². The SMILES string of the molecule is COc1ccc(-c2ccc3c(c2)COC3=O)c(OCC(C)(C)C(=O)OC(C)(C)C#N)c1OC. The van der Waals surface area contributed by atoms with Gasteiger partial charge >= 0.3 is 11.9 Å². The zero-order chi connectivity index (χ0) is 24.4. The summed E-state index contributed by atoms with van der Waals surface area (Å²) < 4.78 is 27.6. The summed E-state index contributed by atoms with van der Waals surface area (Å²) in [7, 11) is 3.02. The Labute approximate surface area is 193 Å². The number of carbonyl (C=O) groups excluding carboxylic acids is 2. The van der Waals surface area contributed by atoms with Crippen molar-refractivity contribution < 1.29 is 33.3 Å². The van der Waals surface area contributed by atoms with Crippen molar-refractivity contribution in [3.63, 3.8) is 0 Å². The van der Waals surface area contributed by atoms with E-state index in [0.717, 1.165) is 11.1 Å². The van der Waals surface area contributed by atoms with Gasteiger partial charge in [0.05, 0.1) is 25.2 Å². The number of cyclic esters (lactones) is 1. The van der Waals surface area contributed by atoms with Crippen molar-refractivity contribution in [3.05, 3.63) is 41.5 Å². The second kappa shape index (κ2) is 9.02. The molecule has 3 rings (SSSR count). The van der Waals surface area contributed by atoms with Crippen LogP contribution in [0, 0.1) is 16.7 Å². The minimum Gasteiger partial charge on any atom is -0.493 e. The van der Waals surface area contributed by atoms with E-state index >= 15 is 0 Å². The number of nitrogens with zero attached hydrogens (tertiary/aromatic N) is 1. The molecule has 2 aromatic rings. The first kappa shape index (κ1) is 23.9. The molecule has 0 aromatic heterocycles. The topological polar surface area (TPSA) is 104 Å². The number of esters is 2. The highest BCUT2D eigenvalue weighted by molar-refractivity contribution is 5.94. The third kappa shape index (κ3) is 4.87. The van der Waals surface area contributed by atoms with E-state index in [4.69, 9.17) is 28.9 Å². The number of ether oxygens (including phenoxy) is 5. The molecule has 0 fully saturated rings. The van der Waals surface area contributed by atoms with Gasteiger partial charge in [-0.15, -0.1) is 0 Å². The van der Waals surface area contributed by atoms with Crippen molar-refractivity contribution in [2.45, 2.75) is 39.9 Å². The molecule has 0 saturated heterocycles. The molecular weight excluding hydrogens is 426 g/mol. The summed E-state index contributed by atoms with van der Waals surface area (Å²) in [6.45, 7) is 6.55. The van der Waals surface area contributed by atoms with E-state index in [1.165, 1.54) is 28.1 Å². The van der Waals surface area contributed by atoms with Crippen LogP contribution in [-0.2, 0) is 20.9 Å². The molecule has 0 N–H and O–H groups in total. The van der Waals surface area contributed by atoms with Crippen LogP contribution in [0.3, 0.4) is 0 Å². The fourth-order valence-corrected chi connectivity index (χ4v) is 3.27. The van der Waals surface area contributed by atoms with Crippen molar-refractivity contribution in [2.24, 2.45) is 5.41 Å². The van der Waals surface area contributed by atoms with Crippen LogP contribution in [0.25, 0.3) is 11.1 Å². The van der Waals surface area contributed by atoms with Gasteiger partial charge in [0.2, 0.25) is 5.75 Å². The number of hydrogen-bond acceptors (Lipinski definition) is 8. The van der Waals surface area contributed by atoms with Crippen LogP contribution in [0.4, 0.5) is 0 Å². The van der Waals surface area contributed by atoms with Gasteiger partial charge in [0, 0.05) is 11.1 Å². The van der Waals surface area contributed by atoms with Gasteiger partial charge in [-0.3, -0.25) is 4.79 Å². The molecule has 0 radical (unpaired) electrons. The summed E-state index contributed by atoms with van der Waals surface area (Å²) >= 11 is 0. The van der Waals surface area contributed by atoms with Crippen molar-refractivity contribution in [2.75, 3.05) is 20.8 Å². The summed E-state index contributed by atoms with van der Waals surface area (Å²) in [5.41, 5.74) is 0.478. The number of fused-ring (bicyclic) bond motifs is 1. The first-order chi connectivity index (χ1) is 15.5. The number of rotatable bonds is 8. The minimum absolute atomic E-state index is 0.0452. The Morgan fingerprint density at radius 1 is 1.06 bits per heavy atom. The van der Waals surface area contributed by atoms with Gasteiger partial charge < -0.3 is 23.7 Å². The maximum Gasteiger partial charge on any atom is 0.338 e. The maximum absolute atomic E-state index is 12.7. The van der Waals surface area contributed by atoms with Crippen LogP contribution in [0.5, 0.6) is 17.2 Å². The number of carbonyl (C=O) groups is 2. The zero-order valence-electron chi connectivity index (χ0n) is 19.6. The molecule has 0 amide bonds. The van der Waals surface area contributed by atoms with Crippen LogP contribution < -0.4 is 14.2 Å². The molecule has 0 spiro atoms.